The minimum atomic E-state index is -0.653. The molecule has 6 heteroatoms. The molecular weight excluding hydrogens is 345 g/mol. The minimum Gasteiger partial charge on any atom is -0.300 e. The van der Waals surface area contributed by atoms with Crippen LogP contribution in [0.1, 0.15) is 60.0 Å². The van der Waals surface area contributed by atoms with E-state index >= 15 is 0 Å². The first-order valence-electron chi connectivity index (χ1n) is 10.3. The van der Waals surface area contributed by atoms with E-state index in [4.69, 9.17) is 5.21 Å². The molecule has 1 amide bonds. The fourth-order valence-electron chi connectivity index (χ4n) is 5.78. The van der Waals surface area contributed by atoms with Crippen molar-refractivity contribution in [3.05, 3.63) is 34.6 Å². The molecule has 27 heavy (non-hydrogen) atoms. The normalized spacial score (nSPS) is 31.4. The summed E-state index contributed by atoms with van der Waals surface area (Å²) in [6, 6.07) is 4.37. The summed E-state index contributed by atoms with van der Waals surface area (Å²) in [6.45, 7) is 4.04. The molecule has 1 aromatic carbocycles. The van der Waals surface area contributed by atoms with Crippen LogP contribution in [0.25, 0.3) is 0 Å². The first kappa shape index (κ1) is 17.6. The maximum atomic E-state index is 14.7. The van der Waals surface area contributed by atoms with Crippen LogP contribution >= 0.6 is 0 Å². The van der Waals surface area contributed by atoms with Gasteiger partial charge in [0.2, 0.25) is 0 Å². The molecule has 2 heterocycles. The zero-order valence-corrected chi connectivity index (χ0v) is 15.7. The van der Waals surface area contributed by atoms with Crippen LogP contribution in [-0.2, 0) is 13.0 Å². The quantitative estimate of drug-likeness (QED) is 0.632. The highest BCUT2D eigenvalue weighted by Gasteiger charge is 2.52. The highest BCUT2D eigenvalue weighted by atomic mass is 19.1. The Labute approximate surface area is 159 Å². The maximum absolute atomic E-state index is 14.7. The summed E-state index contributed by atoms with van der Waals surface area (Å²) in [5, 5.41) is 8.81. The van der Waals surface area contributed by atoms with Crippen molar-refractivity contribution < 1.29 is 14.4 Å². The van der Waals surface area contributed by atoms with Crippen molar-refractivity contribution in [2.45, 2.75) is 63.6 Å². The number of hydroxylamine groups is 1. The van der Waals surface area contributed by atoms with Crippen LogP contribution in [0, 0.1) is 11.2 Å². The topological polar surface area (TPSA) is 55.8 Å². The number of hydrogen-bond donors (Lipinski definition) is 2. The van der Waals surface area contributed by atoms with Gasteiger partial charge in [0.15, 0.2) is 0 Å². The van der Waals surface area contributed by atoms with Crippen molar-refractivity contribution in [1.82, 2.24) is 15.3 Å². The van der Waals surface area contributed by atoms with Crippen molar-refractivity contribution in [3.63, 3.8) is 0 Å². The predicted octanol–water partition coefficient (Wildman–Crippen LogP) is 2.71. The van der Waals surface area contributed by atoms with Gasteiger partial charge in [0.25, 0.3) is 5.91 Å². The van der Waals surface area contributed by atoms with E-state index in [0.717, 1.165) is 30.1 Å². The summed E-state index contributed by atoms with van der Waals surface area (Å²) in [5.74, 6) is -0.980. The number of halogens is 1. The molecule has 2 N–H and O–H groups in total. The Kier molecular flexibility index (Phi) is 4.26. The largest absolute Gasteiger partial charge is 0.300 e. The zero-order valence-electron chi connectivity index (χ0n) is 15.7. The van der Waals surface area contributed by atoms with Crippen molar-refractivity contribution in [2.24, 2.45) is 5.41 Å². The van der Waals surface area contributed by atoms with E-state index in [2.05, 4.69) is 9.80 Å². The SMILES string of the molecule is O=C(NO)c1cc(F)c2c(c1)CCN(C1CC[C@]13CCCN(C1CC1)C3)C2. The molecule has 2 atom stereocenters. The molecule has 1 aromatic rings. The monoisotopic (exact) mass is 373 g/mol. The van der Waals surface area contributed by atoms with Gasteiger partial charge in [-0.1, -0.05) is 0 Å². The molecule has 0 aromatic heterocycles. The van der Waals surface area contributed by atoms with Crippen LogP contribution < -0.4 is 5.48 Å². The molecule has 2 aliphatic heterocycles. The molecule has 1 spiro atoms. The van der Waals surface area contributed by atoms with E-state index in [1.54, 1.807) is 11.5 Å². The average molecular weight is 373 g/mol. The van der Waals surface area contributed by atoms with Crippen LogP contribution in [0.4, 0.5) is 4.39 Å². The van der Waals surface area contributed by atoms with Crippen molar-refractivity contribution >= 4 is 5.91 Å². The molecule has 5 rings (SSSR count). The van der Waals surface area contributed by atoms with E-state index < -0.39 is 5.91 Å². The Morgan fingerprint density at radius 2 is 2.04 bits per heavy atom. The van der Waals surface area contributed by atoms with Gasteiger partial charge >= 0.3 is 0 Å². The Morgan fingerprint density at radius 1 is 1.19 bits per heavy atom. The molecule has 5 nitrogen and oxygen atoms in total. The lowest BCUT2D eigenvalue weighted by atomic mass is 9.59. The van der Waals surface area contributed by atoms with Crippen molar-refractivity contribution in [3.8, 4) is 0 Å². The second-order valence-corrected chi connectivity index (χ2v) is 8.98. The summed E-state index contributed by atoms with van der Waals surface area (Å²) < 4.78 is 14.7. The Morgan fingerprint density at radius 3 is 2.74 bits per heavy atom. The van der Waals surface area contributed by atoms with E-state index in [9.17, 15) is 9.18 Å². The molecule has 1 saturated heterocycles. The van der Waals surface area contributed by atoms with Crippen molar-refractivity contribution in [1.29, 1.82) is 0 Å². The van der Waals surface area contributed by atoms with Crippen LogP contribution in [0.15, 0.2) is 12.1 Å². The lowest BCUT2D eigenvalue weighted by Crippen LogP contribution is -2.62. The Hall–Kier alpha value is -1.50. The zero-order chi connectivity index (χ0) is 18.6. The van der Waals surface area contributed by atoms with Gasteiger partial charge in [0, 0.05) is 42.8 Å². The first-order valence-corrected chi connectivity index (χ1v) is 10.3. The summed E-state index contributed by atoms with van der Waals surface area (Å²) in [6.07, 6.45) is 8.63. The summed E-state index contributed by atoms with van der Waals surface area (Å²) in [5.41, 5.74) is 3.83. The summed E-state index contributed by atoms with van der Waals surface area (Å²) >= 11 is 0. The third-order valence-electron chi connectivity index (χ3n) is 7.45. The standard InChI is InChI=1S/C21H28FN3O2/c22-18-11-15(20(26)23-27)10-14-5-9-24(12-17(14)18)19-4-7-21(19)6-1-8-25(13-21)16-2-3-16/h10-11,16,19,27H,1-9,12-13H2,(H,23,26)/t19?,21-/m0/s1. The highest BCUT2D eigenvalue weighted by molar-refractivity contribution is 5.93. The van der Waals surface area contributed by atoms with E-state index in [0.29, 0.717) is 18.0 Å². The molecule has 2 saturated carbocycles. The highest BCUT2D eigenvalue weighted by Crippen LogP contribution is 2.52. The number of nitrogens with zero attached hydrogens (tertiary/aromatic N) is 2. The van der Waals surface area contributed by atoms with E-state index in [-0.39, 0.29) is 11.4 Å². The summed E-state index contributed by atoms with van der Waals surface area (Å²) in [4.78, 5) is 16.8. The summed E-state index contributed by atoms with van der Waals surface area (Å²) in [7, 11) is 0. The van der Waals surface area contributed by atoms with Gasteiger partial charge in [-0.2, -0.15) is 0 Å². The Balaban J connectivity index is 1.34. The van der Waals surface area contributed by atoms with Crippen LogP contribution in [0.5, 0.6) is 0 Å². The molecule has 3 fully saturated rings. The van der Waals surface area contributed by atoms with Crippen LogP contribution in [-0.4, -0.2) is 52.6 Å². The molecule has 2 aliphatic carbocycles. The van der Waals surface area contributed by atoms with Crippen molar-refractivity contribution in [2.75, 3.05) is 19.6 Å². The number of nitrogens with one attached hydrogen (secondary N) is 1. The second-order valence-electron chi connectivity index (χ2n) is 8.98. The number of carbonyl (C=O) groups excluding carboxylic acids is 1. The average Bonchev–Trinajstić information content (AvgIpc) is 3.52. The third-order valence-corrected chi connectivity index (χ3v) is 7.45. The molecule has 0 radical (unpaired) electrons. The second kappa shape index (κ2) is 6.54. The van der Waals surface area contributed by atoms with Gasteiger partial charge in [0.1, 0.15) is 5.82 Å². The number of likely N-dealkylation sites (tertiary alicyclic amines) is 1. The fraction of sp³-hybridized carbons (Fsp3) is 0.667. The molecule has 0 bridgehead atoms. The predicted molar refractivity (Wildman–Crippen MR) is 99.1 cm³/mol. The first-order chi connectivity index (χ1) is 13.1. The fourth-order valence-corrected chi connectivity index (χ4v) is 5.78. The maximum Gasteiger partial charge on any atom is 0.274 e. The Bertz CT molecular complexity index is 766. The van der Waals surface area contributed by atoms with Gasteiger partial charge < -0.3 is 0 Å². The number of piperidine rings is 1. The van der Waals surface area contributed by atoms with E-state index in [1.165, 1.54) is 57.7 Å². The number of amides is 1. The number of hydrogen-bond acceptors (Lipinski definition) is 4. The van der Waals surface area contributed by atoms with Gasteiger partial charge in [-0.25, -0.2) is 9.87 Å². The number of benzene rings is 1. The minimum absolute atomic E-state index is 0.190. The molecule has 4 aliphatic rings. The molecular formula is C21H28FN3O2. The molecule has 146 valence electrons. The third kappa shape index (κ3) is 2.98. The number of fused-ring (bicyclic) bond motifs is 1. The number of carbonyl (C=O) groups is 1. The smallest absolute Gasteiger partial charge is 0.274 e. The molecule has 1 unspecified atom stereocenters. The van der Waals surface area contributed by atoms with Gasteiger partial charge in [-0.15, -0.1) is 0 Å². The lowest BCUT2D eigenvalue weighted by molar-refractivity contribution is -0.0819. The van der Waals surface area contributed by atoms with Gasteiger partial charge in [0.05, 0.1) is 0 Å². The lowest BCUT2D eigenvalue weighted by Gasteiger charge is -2.59. The van der Waals surface area contributed by atoms with Gasteiger partial charge in [-0.3, -0.25) is 19.8 Å². The van der Waals surface area contributed by atoms with E-state index in [1.807, 2.05) is 0 Å². The van der Waals surface area contributed by atoms with Crippen LogP contribution in [0.2, 0.25) is 0 Å². The van der Waals surface area contributed by atoms with Gasteiger partial charge in [-0.05, 0) is 74.6 Å². The number of rotatable bonds is 3. The van der Waals surface area contributed by atoms with Crippen LogP contribution in [0.3, 0.4) is 0 Å².